The van der Waals surface area contributed by atoms with Gasteiger partial charge in [-0.3, -0.25) is 4.98 Å². The molecule has 2 aromatic heterocycles. The van der Waals surface area contributed by atoms with Gasteiger partial charge in [-0.05, 0) is 15.9 Å². The van der Waals surface area contributed by atoms with E-state index in [-0.39, 0.29) is 0 Å². The Balaban J connectivity index is 1.95. The van der Waals surface area contributed by atoms with Crippen molar-refractivity contribution in [2.75, 3.05) is 5.32 Å². The summed E-state index contributed by atoms with van der Waals surface area (Å²) in [6.45, 7) is 0.737. The van der Waals surface area contributed by atoms with Crippen molar-refractivity contribution in [1.82, 2.24) is 15.0 Å². The number of nitrogens with one attached hydrogen (secondary N) is 1. The number of nitrogens with zero attached hydrogens (tertiary/aromatic N) is 3. The van der Waals surface area contributed by atoms with Crippen LogP contribution in [0.4, 0.5) is 5.82 Å². The minimum atomic E-state index is 0.737. The SMILES string of the molecule is Brc1cnc(NCc2cncs2)cn1. The molecule has 0 atom stereocenters. The van der Waals surface area contributed by atoms with Gasteiger partial charge >= 0.3 is 0 Å². The van der Waals surface area contributed by atoms with Crippen molar-refractivity contribution in [3.63, 3.8) is 0 Å². The lowest BCUT2D eigenvalue weighted by Crippen LogP contribution is -1.99. The number of aromatic nitrogens is 3. The van der Waals surface area contributed by atoms with E-state index in [9.17, 15) is 0 Å². The average Bonchev–Trinajstić information content (AvgIpc) is 2.70. The molecular weight excluding hydrogens is 264 g/mol. The molecule has 0 radical (unpaired) electrons. The summed E-state index contributed by atoms with van der Waals surface area (Å²) in [5, 5.41) is 3.15. The molecule has 0 aliphatic carbocycles. The van der Waals surface area contributed by atoms with E-state index in [1.54, 1.807) is 23.7 Å². The van der Waals surface area contributed by atoms with E-state index in [2.05, 4.69) is 36.2 Å². The van der Waals surface area contributed by atoms with E-state index >= 15 is 0 Å². The van der Waals surface area contributed by atoms with Crippen LogP contribution in [0.15, 0.2) is 28.7 Å². The van der Waals surface area contributed by atoms with Crippen LogP contribution in [-0.4, -0.2) is 15.0 Å². The van der Waals surface area contributed by atoms with Gasteiger partial charge < -0.3 is 5.32 Å². The average molecular weight is 271 g/mol. The molecule has 0 saturated carbocycles. The zero-order valence-electron chi connectivity index (χ0n) is 7.14. The normalized spacial score (nSPS) is 10.1. The Hall–Kier alpha value is -1.01. The molecule has 14 heavy (non-hydrogen) atoms. The lowest BCUT2D eigenvalue weighted by Gasteiger charge is -2.01. The van der Waals surface area contributed by atoms with Gasteiger partial charge in [-0.2, -0.15) is 0 Å². The Morgan fingerprint density at radius 1 is 1.29 bits per heavy atom. The third kappa shape index (κ3) is 2.49. The topological polar surface area (TPSA) is 50.7 Å². The number of hydrogen-bond donors (Lipinski definition) is 1. The lowest BCUT2D eigenvalue weighted by atomic mass is 10.5. The maximum absolute atomic E-state index is 4.14. The number of anilines is 1. The van der Waals surface area contributed by atoms with Crippen LogP contribution < -0.4 is 5.32 Å². The Morgan fingerprint density at radius 2 is 2.21 bits per heavy atom. The maximum atomic E-state index is 4.14. The van der Waals surface area contributed by atoms with E-state index in [0.717, 1.165) is 17.0 Å². The molecule has 2 rings (SSSR count). The fourth-order valence-electron chi connectivity index (χ4n) is 0.911. The van der Waals surface area contributed by atoms with Gasteiger partial charge in [-0.15, -0.1) is 11.3 Å². The minimum Gasteiger partial charge on any atom is -0.364 e. The van der Waals surface area contributed by atoms with Crippen LogP contribution in [0, 0.1) is 0 Å². The Bertz CT molecular complexity index is 386. The third-order valence-electron chi connectivity index (χ3n) is 1.55. The molecule has 0 aliphatic heterocycles. The molecule has 0 amide bonds. The van der Waals surface area contributed by atoms with Crippen molar-refractivity contribution >= 4 is 33.1 Å². The third-order valence-corrected chi connectivity index (χ3v) is 2.74. The van der Waals surface area contributed by atoms with Gasteiger partial charge in [0.05, 0.1) is 24.4 Å². The van der Waals surface area contributed by atoms with Gasteiger partial charge in [0.15, 0.2) is 0 Å². The first-order valence-corrected chi connectivity index (χ1v) is 5.60. The van der Waals surface area contributed by atoms with Gasteiger partial charge in [-0.25, -0.2) is 9.97 Å². The van der Waals surface area contributed by atoms with Gasteiger partial charge in [0, 0.05) is 11.1 Å². The van der Waals surface area contributed by atoms with Crippen LogP contribution in [0.1, 0.15) is 4.88 Å². The molecule has 2 heterocycles. The maximum Gasteiger partial charge on any atom is 0.144 e. The van der Waals surface area contributed by atoms with Crippen LogP contribution >= 0.6 is 27.3 Å². The van der Waals surface area contributed by atoms with E-state index in [1.807, 2.05) is 11.7 Å². The predicted molar refractivity (Wildman–Crippen MR) is 59.2 cm³/mol. The summed E-state index contributed by atoms with van der Waals surface area (Å²) >= 11 is 4.84. The zero-order chi connectivity index (χ0) is 9.80. The van der Waals surface area contributed by atoms with Crippen LogP contribution in [0.2, 0.25) is 0 Å². The summed E-state index contributed by atoms with van der Waals surface area (Å²) in [5.74, 6) is 0.765. The standard InChI is InChI=1S/C8H7BrN4S/c9-7-3-13-8(4-11-7)12-2-6-1-10-5-14-6/h1,3-5H,2H2,(H,12,13). The molecule has 6 heteroatoms. The Labute approximate surface area is 93.6 Å². The second-order valence-corrected chi connectivity index (χ2v) is 4.33. The highest BCUT2D eigenvalue weighted by molar-refractivity contribution is 9.10. The monoisotopic (exact) mass is 270 g/mol. The van der Waals surface area contributed by atoms with Crippen molar-refractivity contribution in [3.05, 3.63) is 33.6 Å². The lowest BCUT2D eigenvalue weighted by molar-refractivity contribution is 1.09. The number of rotatable bonds is 3. The molecule has 4 nitrogen and oxygen atoms in total. The highest BCUT2D eigenvalue weighted by atomic mass is 79.9. The van der Waals surface area contributed by atoms with Crippen molar-refractivity contribution < 1.29 is 0 Å². The highest BCUT2D eigenvalue weighted by Gasteiger charge is 1.96. The van der Waals surface area contributed by atoms with Crippen LogP contribution in [0.5, 0.6) is 0 Å². The van der Waals surface area contributed by atoms with Crippen LogP contribution in [-0.2, 0) is 6.54 Å². The molecule has 1 N–H and O–H groups in total. The van der Waals surface area contributed by atoms with Gasteiger partial charge in [0.1, 0.15) is 10.4 Å². The molecule has 72 valence electrons. The fourth-order valence-corrected chi connectivity index (χ4v) is 1.65. The van der Waals surface area contributed by atoms with Gasteiger partial charge in [0.25, 0.3) is 0 Å². The van der Waals surface area contributed by atoms with Gasteiger partial charge in [0.2, 0.25) is 0 Å². The van der Waals surface area contributed by atoms with Crippen molar-refractivity contribution in [2.45, 2.75) is 6.54 Å². The van der Waals surface area contributed by atoms with E-state index in [4.69, 9.17) is 0 Å². The summed E-state index contributed by atoms with van der Waals surface area (Å²) in [6.07, 6.45) is 5.18. The summed E-state index contributed by atoms with van der Waals surface area (Å²) in [5.41, 5.74) is 1.81. The zero-order valence-corrected chi connectivity index (χ0v) is 9.55. The second-order valence-electron chi connectivity index (χ2n) is 2.55. The van der Waals surface area contributed by atoms with E-state index in [0.29, 0.717) is 0 Å². The van der Waals surface area contributed by atoms with Crippen molar-refractivity contribution in [1.29, 1.82) is 0 Å². The van der Waals surface area contributed by atoms with Crippen molar-refractivity contribution in [2.24, 2.45) is 0 Å². The fraction of sp³-hybridized carbons (Fsp3) is 0.125. The second kappa shape index (κ2) is 4.47. The summed E-state index contributed by atoms with van der Waals surface area (Å²) < 4.78 is 0.737. The molecule has 0 fully saturated rings. The number of hydrogen-bond acceptors (Lipinski definition) is 5. The predicted octanol–water partition coefficient (Wildman–Crippen LogP) is 2.31. The van der Waals surface area contributed by atoms with E-state index < -0.39 is 0 Å². The Morgan fingerprint density at radius 3 is 2.86 bits per heavy atom. The molecule has 2 aromatic rings. The molecule has 0 aromatic carbocycles. The highest BCUT2D eigenvalue weighted by Crippen LogP contribution is 2.10. The van der Waals surface area contributed by atoms with Crippen LogP contribution in [0.3, 0.4) is 0 Å². The molecule has 0 spiro atoms. The smallest absolute Gasteiger partial charge is 0.144 e. The Kier molecular flexibility index (Phi) is 3.05. The summed E-state index contributed by atoms with van der Waals surface area (Å²) in [7, 11) is 0. The van der Waals surface area contributed by atoms with E-state index in [1.165, 1.54) is 4.88 Å². The minimum absolute atomic E-state index is 0.737. The molecular formula is C8H7BrN4S. The molecule has 0 unspecified atom stereocenters. The quantitative estimate of drug-likeness (QED) is 0.930. The summed E-state index contributed by atoms with van der Waals surface area (Å²) in [6, 6.07) is 0. The first kappa shape index (κ1) is 9.54. The van der Waals surface area contributed by atoms with Gasteiger partial charge in [-0.1, -0.05) is 0 Å². The molecule has 0 bridgehead atoms. The number of thiazole rings is 1. The molecule has 0 aliphatic rings. The molecule has 0 saturated heterocycles. The van der Waals surface area contributed by atoms with Crippen molar-refractivity contribution in [3.8, 4) is 0 Å². The number of halogens is 1. The van der Waals surface area contributed by atoms with Crippen LogP contribution in [0.25, 0.3) is 0 Å². The first-order chi connectivity index (χ1) is 6.84. The first-order valence-electron chi connectivity index (χ1n) is 3.93. The largest absolute Gasteiger partial charge is 0.364 e. The summed E-state index contributed by atoms with van der Waals surface area (Å²) in [4.78, 5) is 13.4.